The monoisotopic (exact) mass is 290 g/mol. The van der Waals surface area contributed by atoms with Gasteiger partial charge in [0.25, 0.3) is 0 Å². The van der Waals surface area contributed by atoms with E-state index >= 15 is 0 Å². The number of ether oxygens (including phenoxy) is 2. The Morgan fingerprint density at radius 3 is 2.52 bits per heavy atom. The molecule has 0 saturated carbocycles. The Hall–Kier alpha value is -2.01. The maximum atomic E-state index is 9.86. The molecule has 5 heteroatoms. The Kier molecular flexibility index (Phi) is 4.53. The van der Waals surface area contributed by atoms with Gasteiger partial charge in [0.2, 0.25) is 0 Å². The molecule has 0 atom stereocenters. The molecule has 21 heavy (non-hydrogen) atoms. The van der Waals surface area contributed by atoms with E-state index in [9.17, 15) is 5.11 Å². The normalized spacial score (nSPS) is 11.5. The van der Waals surface area contributed by atoms with Crippen molar-refractivity contribution in [2.24, 2.45) is 0 Å². The number of methoxy groups -OCH3 is 2. The van der Waals surface area contributed by atoms with Gasteiger partial charge in [-0.1, -0.05) is 0 Å². The zero-order valence-corrected chi connectivity index (χ0v) is 13.0. The molecule has 0 fully saturated rings. The third-order valence-corrected chi connectivity index (χ3v) is 3.32. The van der Waals surface area contributed by atoms with E-state index < -0.39 is 5.60 Å². The molecule has 2 aromatic rings. The predicted molar refractivity (Wildman–Crippen MR) is 81.7 cm³/mol. The molecule has 0 aliphatic carbocycles. The summed E-state index contributed by atoms with van der Waals surface area (Å²) in [6.45, 7) is 4.31. The number of benzene rings is 1. The SMILES string of the molecule is COc1ccc(-c2nccn2CCC(C)(C)O)cc1OC. The van der Waals surface area contributed by atoms with Crippen LogP contribution in [0.4, 0.5) is 0 Å². The smallest absolute Gasteiger partial charge is 0.161 e. The molecule has 0 amide bonds. The van der Waals surface area contributed by atoms with Crippen LogP contribution >= 0.6 is 0 Å². The zero-order valence-electron chi connectivity index (χ0n) is 13.0. The van der Waals surface area contributed by atoms with Gasteiger partial charge in [-0.05, 0) is 38.5 Å². The average Bonchev–Trinajstić information content (AvgIpc) is 2.92. The zero-order chi connectivity index (χ0) is 15.5. The van der Waals surface area contributed by atoms with Gasteiger partial charge in [-0.15, -0.1) is 0 Å². The predicted octanol–water partition coefficient (Wildman–Crippen LogP) is 2.73. The fraction of sp³-hybridized carbons (Fsp3) is 0.438. The van der Waals surface area contributed by atoms with Gasteiger partial charge in [0.1, 0.15) is 5.82 Å². The topological polar surface area (TPSA) is 56.5 Å². The van der Waals surface area contributed by atoms with Gasteiger partial charge in [-0.2, -0.15) is 0 Å². The van der Waals surface area contributed by atoms with Gasteiger partial charge in [0.05, 0.1) is 19.8 Å². The molecule has 0 spiro atoms. The van der Waals surface area contributed by atoms with Crippen LogP contribution in [0.25, 0.3) is 11.4 Å². The Morgan fingerprint density at radius 2 is 1.90 bits per heavy atom. The van der Waals surface area contributed by atoms with E-state index in [0.717, 1.165) is 11.4 Å². The van der Waals surface area contributed by atoms with Gasteiger partial charge in [0, 0.05) is 24.5 Å². The van der Waals surface area contributed by atoms with Crippen LogP contribution in [0.15, 0.2) is 30.6 Å². The molecular weight excluding hydrogens is 268 g/mol. The van der Waals surface area contributed by atoms with Crippen LogP contribution in [-0.4, -0.2) is 34.5 Å². The Bertz CT molecular complexity index is 600. The lowest BCUT2D eigenvalue weighted by atomic mass is 10.1. The van der Waals surface area contributed by atoms with Gasteiger partial charge in [-0.25, -0.2) is 4.98 Å². The van der Waals surface area contributed by atoms with Crippen LogP contribution in [0.5, 0.6) is 11.5 Å². The molecule has 0 aliphatic heterocycles. The molecule has 5 nitrogen and oxygen atoms in total. The van der Waals surface area contributed by atoms with E-state index in [-0.39, 0.29) is 0 Å². The Labute approximate surface area is 125 Å². The van der Waals surface area contributed by atoms with Crippen molar-refractivity contribution in [3.63, 3.8) is 0 Å². The number of rotatable bonds is 6. The summed E-state index contributed by atoms with van der Waals surface area (Å²) >= 11 is 0. The van der Waals surface area contributed by atoms with Crippen molar-refractivity contribution in [1.29, 1.82) is 0 Å². The molecule has 2 rings (SSSR count). The lowest BCUT2D eigenvalue weighted by Crippen LogP contribution is -2.21. The highest BCUT2D eigenvalue weighted by atomic mass is 16.5. The third-order valence-electron chi connectivity index (χ3n) is 3.32. The van der Waals surface area contributed by atoms with Crippen LogP contribution in [0.3, 0.4) is 0 Å². The third kappa shape index (κ3) is 3.76. The Balaban J connectivity index is 2.28. The Morgan fingerprint density at radius 1 is 1.19 bits per heavy atom. The molecule has 0 unspecified atom stereocenters. The fourth-order valence-electron chi connectivity index (χ4n) is 2.12. The van der Waals surface area contributed by atoms with Crippen molar-refractivity contribution in [3.05, 3.63) is 30.6 Å². The number of aryl methyl sites for hydroxylation is 1. The average molecular weight is 290 g/mol. The molecule has 1 aromatic heterocycles. The van der Waals surface area contributed by atoms with E-state index in [1.54, 1.807) is 34.3 Å². The lowest BCUT2D eigenvalue weighted by Gasteiger charge is -2.18. The first-order chi connectivity index (χ1) is 9.94. The second-order valence-electron chi connectivity index (χ2n) is 5.58. The number of aromatic nitrogens is 2. The van der Waals surface area contributed by atoms with Crippen molar-refractivity contribution in [1.82, 2.24) is 9.55 Å². The minimum atomic E-state index is -0.695. The number of aliphatic hydroxyl groups is 1. The number of hydrogen-bond donors (Lipinski definition) is 1. The molecule has 0 saturated heterocycles. The molecule has 1 heterocycles. The molecule has 114 valence electrons. The quantitative estimate of drug-likeness (QED) is 0.888. The summed E-state index contributed by atoms with van der Waals surface area (Å²) in [6, 6.07) is 5.72. The number of imidazole rings is 1. The van der Waals surface area contributed by atoms with Crippen molar-refractivity contribution < 1.29 is 14.6 Å². The van der Waals surface area contributed by atoms with Crippen LogP contribution in [0.1, 0.15) is 20.3 Å². The minimum absolute atomic E-state index is 0.656. The summed E-state index contributed by atoms with van der Waals surface area (Å²) in [5.74, 6) is 2.21. The van der Waals surface area contributed by atoms with E-state index in [1.165, 1.54) is 0 Å². The maximum Gasteiger partial charge on any atom is 0.161 e. The van der Waals surface area contributed by atoms with Crippen LogP contribution in [0.2, 0.25) is 0 Å². The first-order valence-corrected chi connectivity index (χ1v) is 6.90. The molecule has 0 bridgehead atoms. The standard InChI is InChI=1S/C16H22N2O3/c1-16(2,19)7-9-18-10-8-17-15(18)12-5-6-13(20-3)14(11-12)21-4/h5-6,8,10-11,19H,7,9H2,1-4H3. The second-order valence-corrected chi connectivity index (χ2v) is 5.58. The van der Waals surface area contributed by atoms with Crippen molar-refractivity contribution in [2.45, 2.75) is 32.4 Å². The number of hydrogen-bond acceptors (Lipinski definition) is 4. The van der Waals surface area contributed by atoms with Crippen molar-refractivity contribution in [2.75, 3.05) is 14.2 Å². The first kappa shape index (κ1) is 15.4. The van der Waals surface area contributed by atoms with Crippen LogP contribution in [0, 0.1) is 0 Å². The number of nitrogens with zero attached hydrogens (tertiary/aromatic N) is 2. The van der Waals surface area contributed by atoms with Crippen molar-refractivity contribution in [3.8, 4) is 22.9 Å². The van der Waals surface area contributed by atoms with E-state index in [4.69, 9.17) is 9.47 Å². The first-order valence-electron chi connectivity index (χ1n) is 6.90. The largest absolute Gasteiger partial charge is 0.493 e. The van der Waals surface area contributed by atoms with E-state index in [1.807, 2.05) is 29.0 Å². The lowest BCUT2D eigenvalue weighted by molar-refractivity contribution is 0.0663. The minimum Gasteiger partial charge on any atom is -0.493 e. The molecule has 0 aliphatic rings. The van der Waals surface area contributed by atoms with Gasteiger partial charge in [-0.3, -0.25) is 0 Å². The summed E-state index contributed by atoms with van der Waals surface area (Å²) in [4.78, 5) is 4.40. The summed E-state index contributed by atoms with van der Waals surface area (Å²) in [6.07, 6.45) is 4.33. The van der Waals surface area contributed by atoms with Gasteiger partial charge >= 0.3 is 0 Å². The maximum absolute atomic E-state index is 9.86. The summed E-state index contributed by atoms with van der Waals surface area (Å²) in [5, 5.41) is 9.86. The highest BCUT2D eigenvalue weighted by molar-refractivity contribution is 5.61. The summed E-state index contributed by atoms with van der Waals surface area (Å²) in [7, 11) is 3.23. The summed E-state index contributed by atoms with van der Waals surface area (Å²) < 4.78 is 12.6. The molecule has 0 radical (unpaired) electrons. The fourth-order valence-corrected chi connectivity index (χ4v) is 2.12. The second kappa shape index (κ2) is 6.18. The molecule has 1 N–H and O–H groups in total. The highest BCUT2D eigenvalue weighted by Crippen LogP contribution is 2.31. The van der Waals surface area contributed by atoms with E-state index in [0.29, 0.717) is 24.5 Å². The molecular formula is C16H22N2O3. The summed E-state index contributed by atoms with van der Waals surface area (Å²) in [5.41, 5.74) is 0.257. The van der Waals surface area contributed by atoms with Crippen LogP contribution in [-0.2, 0) is 6.54 Å². The highest BCUT2D eigenvalue weighted by Gasteiger charge is 2.15. The van der Waals surface area contributed by atoms with E-state index in [2.05, 4.69) is 4.98 Å². The van der Waals surface area contributed by atoms with Gasteiger partial charge in [0.15, 0.2) is 11.5 Å². The van der Waals surface area contributed by atoms with Gasteiger partial charge < -0.3 is 19.1 Å². The molecule has 1 aromatic carbocycles. The van der Waals surface area contributed by atoms with Crippen molar-refractivity contribution >= 4 is 0 Å². The van der Waals surface area contributed by atoms with Crippen LogP contribution < -0.4 is 9.47 Å².